The van der Waals surface area contributed by atoms with Crippen LogP contribution in [0, 0.1) is 0 Å². The van der Waals surface area contributed by atoms with Gasteiger partial charge in [-0.25, -0.2) is 4.79 Å². The molecule has 0 aliphatic carbocycles. The van der Waals surface area contributed by atoms with Crippen molar-refractivity contribution in [1.29, 1.82) is 0 Å². The number of nitrogens with zero attached hydrogens (tertiary/aromatic N) is 2. The van der Waals surface area contributed by atoms with E-state index in [0.29, 0.717) is 13.0 Å². The van der Waals surface area contributed by atoms with Crippen molar-refractivity contribution in [2.24, 2.45) is 0 Å². The molecule has 2 fully saturated rings. The van der Waals surface area contributed by atoms with Crippen LogP contribution in [0.4, 0.5) is 4.79 Å². The minimum atomic E-state index is -0.559. The third-order valence-electron chi connectivity index (χ3n) is 3.10. The number of carbonyl (C=O) groups excluding carboxylic acids is 3. The number of rotatable bonds is 1. The average molecular weight is 237 g/mol. The quantitative estimate of drug-likeness (QED) is 0.656. The molecule has 2 heterocycles. The summed E-state index contributed by atoms with van der Waals surface area (Å²) in [7, 11) is 1.69. The Bertz CT molecular complexity index is 416. The van der Waals surface area contributed by atoms with Gasteiger partial charge in [-0.3, -0.25) is 19.8 Å². The van der Waals surface area contributed by atoms with Crippen LogP contribution in [0.15, 0.2) is 11.8 Å². The molecule has 4 amide bonds. The number of amides is 4. The minimum absolute atomic E-state index is 0.187. The molecule has 1 N–H and O–H groups in total. The van der Waals surface area contributed by atoms with E-state index in [-0.39, 0.29) is 24.3 Å². The first-order chi connectivity index (χ1) is 8.04. The number of allylic oxidation sites excluding steroid dienone is 1. The van der Waals surface area contributed by atoms with E-state index in [2.05, 4.69) is 5.32 Å². The Morgan fingerprint density at radius 2 is 2.06 bits per heavy atom. The molecule has 0 saturated carbocycles. The first-order valence-corrected chi connectivity index (χ1v) is 5.57. The molecule has 0 bridgehead atoms. The maximum atomic E-state index is 11.9. The predicted molar refractivity (Wildman–Crippen MR) is 59.8 cm³/mol. The molecule has 92 valence electrons. The second-order valence-corrected chi connectivity index (χ2v) is 4.26. The van der Waals surface area contributed by atoms with Gasteiger partial charge in [0.05, 0.1) is 6.54 Å². The van der Waals surface area contributed by atoms with Crippen LogP contribution in [0.2, 0.25) is 0 Å². The van der Waals surface area contributed by atoms with E-state index in [9.17, 15) is 14.4 Å². The summed E-state index contributed by atoms with van der Waals surface area (Å²) in [6.07, 6.45) is 2.49. The monoisotopic (exact) mass is 237 g/mol. The van der Waals surface area contributed by atoms with Crippen LogP contribution in [-0.2, 0) is 9.59 Å². The topological polar surface area (TPSA) is 69.7 Å². The molecular formula is C11H15N3O3. The summed E-state index contributed by atoms with van der Waals surface area (Å²) in [6.45, 7) is 2.34. The van der Waals surface area contributed by atoms with Gasteiger partial charge in [0, 0.05) is 19.2 Å². The van der Waals surface area contributed by atoms with Crippen molar-refractivity contribution in [3.05, 3.63) is 11.8 Å². The fraction of sp³-hybridized carbons (Fsp3) is 0.545. The van der Waals surface area contributed by atoms with Crippen molar-refractivity contribution >= 4 is 17.8 Å². The second kappa shape index (κ2) is 4.20. The van der Waals surface area contributed by atoms with Gasteiger partial charge in [0.25, 0.3) is 0 Å². The first-order valence-electron chi connectivity index (χ1n) is 5.57. The molecule has 6 heteroatoms. The maximum Gasteiger partial charge on any atom is 0.325 e. The lowest BCUT2D eigenvalue weighted by Gasteiger charge is -2.29. The van der Waals surface area contributed by atoms with Gasteiger partial charge < -0.3 is 4.90 Å². The average Bonchev–Trinajstić information content (AvgIpc) is 2.56. The normalized spacial score (nSPS) is 28.0. The summed E-state index contributed by atoms with van der Waals surface area (Å²) in [6, 6.07) is -0.746. The van der Waals surface area contributed by atoms with Crippen molar-refractivity contribution in [3.8, 4) is 0 Å². The van der Waals surface area contributed by atoms with Gasteiger partial charge in [0.1, 0.15) is 6.04 Å². The summed E-state index contributed by atoms with van der Waals surface area (Å²) in [4.78, 5) is 37.8. The second-order valence-electron chi connectivity index (χ2n) is 4.26. The highest BCUT2D eigenvalue weighted by molar-refractivity contribution is 6.02. The van der Waals surface area contributed by atoms with Crippen LogP contribution in [-0.4, -0.2) is 47.3 Å². The molecule has 0 aromatic rings. The van der Waals surface area contributed by atoms with E-state index in [1.807, 2.05) is 13.0 Å². The van der Waals surface area contributed by atoms with Crippen molar-refractivity contribution in [1.82, 2.24) is 15.1 Å². The van der Waals surface area contributed by atoms with Crippen molar-refractivity contribution in [2.45, 2.75) is 25.8 Å². The van der Waals surface area contributed by atoms with Crippen LogP contribution < -0.4 is 5.32 Å². The molecule has 2 rings (SSSR count). The number of piperidine rings is 1. The molecule has 0 radical (unpaired) electrons. The molecule has 2 aliphatic rings. The Balaban J connectivity index is 2.24. The highest BCUT2D eigenvalue weighted by Crippen LogP contribution is 2.24. The first kappa shape index (κ1) is 11.6. The summed E-state index contributed by atoms with van der Waals surface area (Å²) in [5.41, 5.74) is 0.812. The van der Waals surface area contributed by atoms with Gasteiger partial charge in [0.15, 0.2) is 0 Å². The van der Waals surface area contributed by atoms with Crippen LogP contribution in [0.5, 0.6) is 0 Å². The number of likely N-dealkylation sites (N-methyl/N-ethyl adjacent to an activating group) is 1. The lowest BCUT2D eigenvalue weighted by atomic mass is 10.0. The van der Waals surface area contributed by atoms with E-state index in [1.165, 1.54) is 4.90 Å². The highest BCUT2D eigenvalue weighted by Gasteiger charge is 2.41. The van der Waals surface area contributed by atoms with E-state index in [1.54, 1.807) is 11.9 Å². The number of imide groups is 1. The third-order valence-corrected chi connectivity index (χ3v) is 3.10. The zero-order valence-corrected chi connectivity index (χ0v) is 9.90. The van der Waals surface area contributed by atoms with Crippen LogP contribution in [0.3, 0.4) is 0 Å². The Kier molecular flexibility index (Phi) is 2.87. The molecular weight excluding hydrogens is 222 g/mol. The number of hydrogen-bond donors (Lipinski definition) is 1. The molecule has 1 atom stereocenters. The number of urea groups is 1. The number of carbonyl (C=O) groups is 3. The van der Waals surface area contributed by atoms with E-state index in [0.717, 1.165) is 5.70 Å². The molecule has 17 heavy (non-hydrogen) atoms. The van der Waals surface area contributed by atoms with Gasteiger partial charge in [-0.15, -0.1) is 0 Å². The van der Waals surface area contributed by atoms with Gasteiger partial charge in [0.2, 0.25) is 11.8 Å². The molecule has 2 aliphatic heterocycles. The Morgan fingerprint density at radius 1 is 1.35 bits per heavy atom. The number of hydrogen-bond acceptors (Lipinski definition) is 3. The molecule has 6 nitrogen and oxygen atoms in total. The summed E-state index contributed by atoms with van der Waals surface area (Å²) >= 11 is 0. The maximum absolute atomic E-state index is 11.9. The molecule has 1 unspecified atom stereocenters. The standard InChI is InChI=1S/C11H15N3O3/c1-3-7-6-13(2)11(17)14(7)8-4-5-9(15)12-10(8)16/h3,8H,4-6H2,1-2H3,(H,12,15,16)/b7-3+. The van der Waals surface area contributed by atoms with E-state index in [4.69, 9.17) is 0 Å². The number of nitrogens with one attached hydrogen (secondary N) is 1. The van der Waals surface area contributed by atoms with Crippen LogP contribution in [0.1, 0.15) is 19.8 Å². The summed E-state index contributed by atoms with van der Waals surface area (Å²) in [5, 5.41) is 2.27. The van der Waals surface area contributed by atoms with Gasteiger partial charge in [-0.2, -0.15) is 0 Å². The van der Waals surface area contributed by atoms with Crippen LogP contribution in [0.25, 0.3) is 0 Å². The largest absolute Gasteiger partial charge is 0.325 e. The lowest BCUT2D eigenvalue weighted by molar-refractivity contribution is -0.136. The van der Waals surface area contributed by atoms with Crippen LogP contribution >= 0.6 is 0 Å². The fourth-order valence-corrected chi connectivity index (χ4v) is 2.19. The summed E-state index contributed by atoms with van der Waals surface area (Å²) in [5.74, 6) is -0.655. The zero-order chi connectivity index (χ0) is 12.6. The van der Waals surface area contributed by atoms with Crippen molar-refractivity contribution in [3.63, 3.8) is 0 Å². The fourth-order valence-electron chi connectivity index (χ4n) is 2.19. The SMILES string of the molecule is C/C=C1\CN(C)C(=O)N1C1CCC(=O)NC1=O. The van der Waals surface area contributed by atoms with E-state index < -0.39 is 6.04 Å². The molecule has 2 saturated heterocycles. The molecule has 0 aromatic heterocycles. The molecule has 0 spiro atoms. The smallest absolute Gasteiger partial charge is 0.322 e. The third kappa shape index (κ3) is 1.90. The zero-order valence-electron chi connectivity index (χ0n) is 9.90. The Labute approximate surface area is 99.2 Å². The van der Waals surface area contributed by atoms with E-state index >= 15 is 0 Å². The van der Waals surface area contributed by atoms with Crippen molar-refractivity contribution < 1.29 is 14.4 Å². The highest BCUT2D eigenvalue weighted by atomic mass is 16.2. The lowest BCUT2D eigenvalue weighted by Crippen LogP contribution is -2.52. The van der Waals surface area contributed by atoms with Gasteiger partial charge >= 0.3 is 6.03 Å². The summed E-state index contributed by atoms with van der Waals surface area (Å²) < 4.78 is 0. The Morgan fingerprint density at radius 3 is 2.65 bits per heavy atom. The Hall–Kier alpha value is -1.85. The minimum Gasteiger partial charge on any atom is -0.322 e. The van der Waals surface area contributed by atoms with Crippen molar-refractivity contribution in [2.75, 3.05) is 13.6 Å². The predicted octanol–water partition coefficient (Wildman–Crippen LogP) is 0.0628. The molecule has 0 aromatic carbocycles. The van der Waals surface area contributed by atoms with Gasteiger partial charge in [-0.05, 0) is 13.3 Å². The van der Waals surface area contributed by atoms with Gasteiger partial charge in [-0.1, -0.05) is 6.08 Å².